The summed E-state index contributed by atoms with van der Waals surface area (Å²) in [5.74, 6) is 0.330. The topological polar surface area (TPSA) is 59.0 Å². The van der Waals surface area contributed by atoms with Crippen molar-refractivity contribution in [1.82, 2.24) is 4.90 Å². The molecule has 1 aliphatic rings. The van der Waals surface area contributed by atoms with Gasteiger partial charge in [-0.3, -0.25) is 0 Å². The van der Waals surface area contributed by atoms with Crippen LogP contribution in [0.4, 0.5) is 4.79 Å². The monoisotopic (exact) mass is 231 g/mol. The van der Waals surface area contributed by atoms with Gasteiger partial charge in [-0.2, -0.15) is 0 Å². The number of aliphatic hydroxyl groups excluding tert-OH is 1. The molecule has 0 aromatic heterocycles. The van der Waals surface area contributed by atoms with Crippen LogP contribution in [-0.2, 0) is 9.47 Å². The van der Waals surface area contributed by atoms with E-state index in [4.69, 9.17) is 14.6 Å². The van der Waals surface area contributed by atoms with Crippen LogP contribution >= 0.6 is 0 Å². The third-order valence-corrected chi connectivity index (χ3v) is 2.33. The van der Waals surface area contributed by atoms with Gasteiger partial charge < -0.3 is 19.5 Å². The Balaban J connectivity index is 2.42. The third kappa shape index (κ3) is 3.98. The number of carbonyl (C=O) groups excluding carboxylic acids is 1. The Morgan fingerprint density at radius 3 is 2.81 bits per heavy atom. The molecule has 0 aromatic carbocycles. The summed E-state index contributed by atoms with van der Waals surface area (Å²) in [6.45, 7) is 7.14. The number of carbonyl (C=O) groups is 1. The molecule has 1 aliphatic heterocycles. The molecule has 1 heterocycles. The fraction of sp³-hybridized carbons (Fsp3) is 0.909. The lowest BCUT2D eigenvalue weighted by Crippen LogP contribution is -2.50. The number of amides is 1. The molecule has 0 bridgehead atoms. The van der Waals surface area contributed by atoms with Gasteiger partial charge in [0.25, 0.3) is 0 Å². The van der Waals surface area contributed by atoms with E-state index in [-0.39, 0.29) is 24.9 Å². The van der Waals surface area contributed by atoms with Crippen molar-refractivity contribution in [2.75, 3.05) is 26.3 Å². The van der Waals surface area contributed by atoms with Gasteiger partial charge >= 0.3 is 6.09 Å². The van der Waals surface area contributed by atoms with E-state index < -0.39 is 0 Å². The van der Waals surface area contributed by atoms with E-state index >= 15 is 0 Å². The van der Waals surface area contributed by atoms with Crippen LogP contribution in [-0.4, -0.2) is 54.6 Å². The lowest BCUT2D eigenvalue weighted by molar-refractivity contribution is -0.0905. The van der Waals surface area contributed by atoms with E-state index in [1.165, 1.54) is 0 Å². The molecule has 0 spiro atoms. The van der Waals surface area contributed by atoms with Crippen molar-refractivity contribution in [3.05, 3.63) is 0 Å². The van der Waals surface area contributed by atoms with E-state index in [9.17, 15) is 4.79 Å². The fourth-order valence-electron chi connectivity index (χ4n) is 1.62. The van der Waals surface area contributed by atoms with E-state index in [0.717, 1.165) is 0 Å². The highest BCUT2D eigenvalue weighted by Crippen LogP contribution is 2.12. The maximum atomic E-state index is 11.7. The Labute approximate surface area is 96.3 Å². The molecule has 1 fully saturated rings. The van der Waals surface area contributed by atoms with Crippen LogP contribution in [0.1, 0.15) is 20.8 Å². The summed E-state index contributed by atoms with van der Waals surface area (Å²) in [5.41, 5.74) is 0. The predicted octanol–water partition coefficient (Wildman–Crippen LogP) is 0.861. The van der Waals surface area contributed by atoms with Crippen LogP contribution in [0.5, 0.6) is 0 Å². The van der Waals surface area contributed by atoms with Crippen LogP contribution in [0.2, 0.25) is 0 Å². The largest absolute Gasteiger partial charge is 0.449 e. The minimum Gasteiger partial charge on any atom is -0.449 e. The van der Waals surface area contributed by atoms with Gasteiger partial charge in [0.2, 0.25) is 0 Å². The molecular formula is C11H21NO4. The van der Waals surface area contributed by atoms with Crippen LogP contribution < -0.4 is 0 Å². The molecule has 5 heteroatoms. The molecule has 0 radical (unpaired) electrons. The maximum Gasteiger partial charge on any atom is 0.409 e. The first-order valence-corrected chi connectivity index (χ1v) is 5.71. The van der Waals surface area contributed by atoms with Gasteiger partial charge in [0.15, 0.2) is 0 Å². The van der Waals surface area contributed by atoms with Crippen molar-refractivity contribution in [1.29, 1.82) is 0 Å². The summed E-state index contributed by atoms with van der Waals surface area (Å²) in [6.07, 6.45) is -0.671. The zero-order chi connectivity index (χ0) is 12.1. The summed E-state index contributed by atoms with van der Waals surface area (Å²) in [5, 5.41) is 9.02. The number of hydrogen-bond acceptors (Lipinski definition) is 4. The van der Waals surface area contributed by atoms with Crippen LogP contribution in [0.3, 0.4) is 0 Å². The van der Waals surface area contributed by atoms with Crippen LogP contribution in [0, 0.1) is 5.92 Å². The lowest BCUT2D eigenvalue weighted by Gasteiger charge is -2.35. The number of hydrogen-bond donors (Lipinski definition) is 1. The normalized spacial score (nSPS) is 25.9. The van der Waals surface area contributed by atoms with E-state index in [0.29, 0.717) is 25.6 Å². The molecule has 1 saturated heterocycles. The molecule has 2 atom stereocenters. The average Bonchev–Trinajstić information content (AvgIpc) is 2.24. The molecule has 5 nitrogen and oxygen atoms in total. The van der Waals surface area contributed by atoms with E-state index in [1.54, 1.807) is 4.90 Å². The molecule has 0 aromatic rings. The van der Waals surface area contributed by atoms with Crippen molar-refractivity contribution >= 4 is 6.09 Å². The lowest BCUT2D eigenvalue weighted by atomic mass is 10.2. The fourth-order valence-corrected chi connectivity index (χ4v) is 1.62. The van der Waals surface area contributed by atoms with Crippen molar-refractivity contribution in [2.24, 2.45) is 5.92 Å². The predicted molar refractivity (Wildman–Crippen MR) is 59.2 cm³/mol. The van der Waals surface area contributed by atoms with E-state index in [2.05, 4.69) is 0 Å². The Hall–Kier alpha value is -0.810. The molecule has 94 valence electrons. The molecule has 0 aliphatic carbocycles. The van der Waals surface area contributed by atoms with Crippen molar-refractivity contribution in [3.8, 4) is 0 Å². The number of ether oxygens (including phenoxy) is 2. The van der Waals surface area contributed by atoms with Gasteiger partial charge in [-0.1, -0.05) is 13.8 Å². The minimum atomic E-state index is -0.317. The van der Waals surface area contributed by atoms with Gasteiger partial charge in [0.1, 0.15) is 0 Å². The molecule has 0 saturated carbocycles. The van der Waals surface area contributed by atoms with E-state index in [1.807, 2.05) is 20.8 Å². The second kappa shape index (κ2) is 6.06. The second-order valence-corrected chi connectivity index (χ2v) is 4.63. The molecule has 1 rings (SSSR count). The summed E-state index contributed by atoms with van der Waals surface area (Å²) in [7, 11) is 0. The van der Waals surface area contributed by atoms with Gasteiger partial charge in [-0.05, 0) is 12.8 Å². The maximum absolute atomic E-state index is 11.7. The highest BCUT2D eigenvalue weighted by atomic mass is 16.6. The van der Waals surface area contributed by atoms with Gasteiger partial charge in [0.05, 0.1) is 38.5 Å². The summed E-state index contributed by atoms with van der Waals surface area (Å²) >= 11 is 0. The number of aliphatic hydroxyl groups is 1. The Bertz CT molecular complexity index is 232. The first-order chi connectivity index (χ1) is 7.52. The first kappa shape index (κ1) is 13.3. The Kier molecular flexibility index (Phi) is 5.02. The molecule has 16 heavy (non-hydrogen) atoms. The number of nitrogens with zero attached hydrogens (tertiary/aromatic N) is 1. The standard InChI is InChI=1S/C11H21NO4/c1-8(2)7-15-11(14)12-4-9(3)16-10(5-12)6-13/h8-10,13H,4-7H2,1-3H3. The minimum absolute atomic E-state index is 0.0579. The Morgan fingerprint density at radius 1 is 1.56 bits per heavy atom. The average molecular weight is 231 g/mol. The first-order valence-electron chi connectivity index (χ1n) is 5.71. The molecule has 2 unspecified atom stereocenters. The highest BCUT2D eigenvalue weighted by molar-refractivity contribution is 5.67. The van der Waals surface area contributed by atoms with Crippen LogP contribution in [0.15, 0.2) is 0 Å². The number of morpholine rings is 1. The third-order valence-electron chi connectivity index (χ3n) is 2.33. The molecular weight excluding hydrogens is 210 g/mol. The smallest absolute Gasteiger partial charge is 0.409 e. The van der Waals surface area contributed by atoms with Crippen molar-refractivity contribution in [2.45, 2.75) is 33.0 Å². The Morgan fingerprint density at radius 2 is 2.25 bits per heavy atom. The zero-order valence-corrected chi connectivity index (χ0v) is 10.2. The SMILES string of the molecule is CC(C)COC(=O)N1CC(C)OC(CO)C1. The van der Waals surface area contributed by atoms with Gasteiger partial charge in [-0.25, -0.2) is 4.79 Å². The molecule has 1 amide bonds. The summed E-state index contributed by atoms with van der Waals surface area (Å²) < 4.78 is 10.6. The number of rotatable bonds is 3. The second-order valence-electron chi connectivity index (χ2n) is 4.63. The summed E-state index contributed by atoms with van der Waals surface area (Å²) in [4.78, 5) is 13.3. The van der Waals surface area contributed by atoms with Crippen LogP contribution in [0.25, 0.3) is 0 Å². The van der Waals surface area contributed by atoms with Gasteiger partial charge in [0, 0.05) is 0 Å². The van der Waals surface area contributed by atoms with Crippen molar-refractivity contribution in [3.63, 3.8) is 0 Å². The van der Waals surface area contributed by atoms with Gasteiger partial charge in [-0.15, -0.1) is 0 Å². The zero-order valence-electron chi connectivity index (χ0n) is 10.2. The molecule has 1 N–H and O–H groups in total. The highest BCUT2D eigenvalue weighted by Gasteiger charge is 2.28. The summed E-state index contributed by atoms with van der Waals surface area (Å²) in [6, 6.07) is 0. The quantitative estimate of drug-likeness (QED) is 0.782. The van der Waals surface area contributed by atoms with Crippen molar-refractivity contribution < 1.29 is 19.4 Å².